The molecule has 0 saturated carbocycles. The molecule has 1 heterocycles. The first-order chi connectivity index (χ1) is 7.11. The number of nitrogens with one attached hydrogen (secondary N) is 2. The molecule has 1 fully saturated rings. The number of nitrogens with two attached hydrogens (primary N) is 1. The first-order valence-corrected chi connectivity index (χ1v) is 4.63. The molecule has 1 aliphatic rings. The number of carbonyl (C=O) groups excluding carboxylic acids is 2. The first kappa shape index (κ1) is 11.2. The molecular weight excluding hydrogens is 196 g/mol. The molecule has 2 amide bonds. The molecule has 0 radical (unpaired) electrons. The molecule has 1 rings (SSSR count). The van der Waals surface area contributed by atoms with Crippen LogP contribution in [0, 0.1) is 5.41 Å². The van der Waals surface area contributed by atoms with Crippen LogP contribution >= 0.6 is 0 Å². The van der Waals surface area contributed by atoms with Crippen LogP contribution in [0.1, 0.15) is 6.42 Å². The highest BCUT2D eigenvalue weighted by atomic mass is 16.2. The minimum absolute atomic E-state index is 0.0121. The van der Waals surface area contributed by atoms with Gasteiger partial charge in [0.15, 0.2) is 0 Å². The second-order valence-corrected chi connectivity index (χ2v) is 3.19. The summed E-state index contributed by atoms with van der Waals surface area (Å²) in [6.45, 7) is 1.35. The summed E-state index contributed by atoms with van der Waals surface area (Å²) in [4.78, 5) is 24.3. The molecule has 1 saturated heterocycles. The maximum Gasteiger partial charge on any atom is 0.265 e. The van der Waals surface area contributed by atoms with Gasteiger partial charge >= 0.3 is 0 Å². The van der Waals surface area contributed by atoms with E-state index in [4.69, 9.17) is 11.1 Å². The van der Waals surface area contributed by atoms with Gasteiger partial charge in [-0.15, -0.1) is 0 Å². The topological polar surface area (TPSA) is 99.3 Å². The van der Waals surface area contributed by atoms with Gasteiger partial charge in [-0.3, -0.25) is 9.59 Å². The summed E-state index contributed by atoms with van der Waals surface area (Å²) in [5, 5.41) is 9.67. The Morgan fingerprint density at radius 1 is 1.47 bits per heavy atom. The molecule has 1 aliphatic heterocycles. The van der Waals surface area contributed by atoms with Crippen molar-refractivity contribution in [1.29, 1.82) is 5.41 Å². The Morgan fingerprint density at radius 2 is 2.07 bits per heavy atom. The van der Waals surface area contributed by atoms with E-state index in [9.17, 15) is 9.59 Å². The summed E-state index contributed by atoms with van der Waals surface area (Å²) in [5.74, 6) is -1.05. The van der Waals surface area contributed by atoms with E-state index in [1.807, 2.05) is 0 Å². The Morgan fingerprint density at radius 3 is 2.33 bits per heavy atom. The van der Waals surface area contributed by atoms with E-state index >= 15 is 0 Å². The van der Waals surface area contributed by atoms with Crippen LogP contribution in [0.3, 0.4) is 0 Å². The van der Waals surface area contributed by atoms with E-state index in [0.29, 0.717) is 13.1 Å². The Hall–Kier alpha value is -1.85. The van der Waals surface area contributed by atoms with Crippen molar-refractivity contribution in [3.05, 3.63) is 11.3 Å². The molecule has 0 aliphatic carbocycles. The fourth-order valence-electron chi connectivity index (χ4n) is 1.32. The second kappa shape index (κ2) is 4.59. The van der Waals surface area contributed by atoms with Crippen LogP contribution in [0.25, 0.3) is 0 Å². The summed E-state index contributed by atoms with van der Waals surface area (Å²) in [6, 6.07) is 0. The predicted molar refractivity (Wildman–Crippen MR) is 55.3 cm³/mol. The van der Waals surface area contributed by atoms with Crippen LogP contribution in [0.5, 0.6) is 0 Å². The van der Waals surface area contributed by atoms with Crippen molar-refractivity contribution in [3.63, 3.8) is 0 Å². The second-order valence-electron chi connectivity index (χ2n) is 3.19. The quantitative estimate of drug-likeness (QED) is 0.402. The van der Waals surface area contributed by atoms with Crippen molar-refractivity contribution in [2.75, 3.05) is 20.1 Å². The smallest absolute Gasteiger partial charge is 0.265 e. The zero-order chi connectivity index (χ0) is 11.4. The van der Waals surface area contributed by atoms with Crippen molar-refractivity contribution in [1.82, 2.24) is 10.2 Å². The third-order valence-corrected chi connectivity index (χ3v) is 2.28. The first-order valence-electron chi connectivity index (χ1n) is 4.63. The highest BCUT2D eigenvalue weighted by molar-refractivity contribution is 6.17. The van der Waals surface area contributed by atoms with Crippen LogP contribution in [0.4, 0.5) is 0 Å². The van der Waals surface area contributed by atoms with Gasteiger partial charge in [0.1, 0.15) is 5.70 Å². The van der Waals surface area contributed by atoms with E-state index in [1.54, 1.807) is 4.90 Å². The minimum atomic E-state index is -0.732. The van der Waals surface area contributed by atoms with Crippen LogP contribution < -0.4 is 11.1 Å². The Labute approximate surface area is 87.6 Å². The van der Waals surface area contributed by atoms with E-state index in [2.05, 4.69) is 5.32 Å². The Balaban J connectivity index is 2.97. The molecule has 6 nitrogen and oxygen atoms in total. The largest absolute Gasteiger partial charge is 0.383 e. The van der Waals surface area contributed by atoms with Crippen molar-refractivity contribution >= 4 is 18.0 Å². The summed E-state index contributed by atoms with van der Waals surface area (Å²) >= 11 is 0. The number of carbonyl (C=O) groups is 2. The number of amides is 2. The molecule has 0 aromatic heterocycles. The lowest BCUT2D eigenvalue weighted by atomic mass is 10.1. The highest BCUT2D eigenvalue weighted by Crippen LogP contribution is 2.11. The van der Waals surface area contributed by atoms with E-state index < -0.39 is 5.91 Å². The van der Waals surface area contributed by atoms with Crippen LogP contribution in [-0.4, -0.2) is 43.1 Å². The lowest BCUT2D eigenvalue weighted by molar-refractivity contribution is -0.130. The summed E-state index contributed by atoms with van der Waals surface area (Å²) in [7, 11) is 1.49. The molecule has 0 aromatic carbocycles. The lowest BCUT2D eigenvalue weighted by Gasteiger charge is -2.31. The van der Waals surface area contributed by atoms with Crippen molar-refractivity contribution in [3.8, 4) is 0 Å². The monoisotopic (exact) mass is 210 g/mol. The maximum atomic E-state index is 11.7. The average Bonchev–Trinajstić information content (AvgIpc) is 2.09. The number of hydrogen-bond donors (Lipinski definition) is 3. The third kappa shape index (κ3) is 2.15. The predicted octanol–water partition coefficient (Wildman–Crippen LogP) is -1.17. The summed E-state index contributed by atoms with van der Waals surface area (Å²) < 4.78 is 0. The van der Waals surface area contributed by atoms with Crippen molar-refractivity contribution in [2.24, 2.45) is 5.73 Å². The van der Waals surface area contributed by atoms with Crippen LogP contribution in [0.2, 0.25) is 0 Å². The van der Waals surface area contributed by atoms with Gasteiger partial charge in [0.2, 0.25) is 0 Å². The number of rotatable bonds is 4. The zero-order valence-corrected chi connectivity index (χ0v) is 8.54. The lowest BCUT2D eigenvalue weighted by Crippen LogP contribution is -2.44. The number of likely N-dealkylation sites (N-methyl/N-ethyl adjacent to an activating group) is 1. The SMILES string of the molecule is CN/C(C(N)=O)=C(\C=N)C(=O)N1CCC1. The third-order valence-electron chi connectivity index (χ3n) is 2.28. The van der Waals surface area contributed by atoms with Gasteiger partial charge in [0.25, 0.3) is 11.8 Å². The number of hydrogen-bond acceptors (Lipinski definition) is 4. The molecule has 15 heavy (non-hydrogen) atoms. The molecule has 0 atom stereocenters. The summed E-state index contributed by atoms with van der Waals surface area (Å²) in [6.07, 6.45) is 1.82. The van der Waals surface area contributed by atoms with Crippen molar-refractivity contribution < 1.29 is 9.59 Å². The fourth-order valence-corrected chi connectivity index (χ4v) is 1.32. The van der Waals surface area contributed by atoms with Gasteiger partial charge in [-0.25, -0.2) is 0 Å². The molecule has 6 heteroatoms. The maximum absolute atomic E-state index is 11.7. The molecular formula is C9H14N4O2. The Bertz CT molecular complexity index is 331. The minimum Gasteiger partial charge on any atom is -0.383 e. The van der Waals surface area contributed by atoms with Crippen LogP contribution in [-0.2, 0) is 9.59 Å². The number of nitrogens with zero attached hydrogens (tertiary/aromatic N) is 1. The normalized spacial score (nSPS) is 16.2. The molecule has 0 unspecified atom stereocenters. The van der Waals surface area contributed by atoms with Gasteiger partial charge in [-0.2, -0.15) is 0 Å². The average molecular weight is 210 g/mol. The molecule has 0 bridgehead atoms. The summed E-state index contributed by atoms with van der Waals surface area (Å²) in [5.41, 5.74) is 5.09. The standard InChI is InChI=1S/C9H14N4O2/c1-12-7(8(11)14)6(5-10)9(15)13-3-2-4-13/h5,10,12H,2-4H2,1H3,(H2,11,14)/b7-6+,10-5?. The van der Waals surface area contributed by atoms with E-state index in [1.165, 1.54) is 7.05 Å². The van der Waals surface area contributed by atoms with Crippen molar-refractivity contribution in [2.45, 2.75) is 6.42 Å². The Kier molecular flexibility index (Phi) is 3.43. The molecule has 0 aromatic rings. The van der Waals surface area contributed by atoms with E-state index in [0.717, 1.165) is 12.6 Å². The van der Waals surface area contributed by atoms with Gasteiger partial charge < -0.3 is 21.4 Å². The molecule has 82 valence electrons. The number of likely N-dealkylation sites (tertiary alicyclic amines) is 1. The van der Waals surface area contributed by atoms with Gasteiger partial charge in [-0.05, 0) is 6.42 Å². The van der Waals surface area contributed by atoms with Gasteiger partial charge in [0.05, 0.1) is 5.57 Å². The molecule has 0 spiro atoms. The van der Waals surface area contributed by atoms with Gasteiger partial charge in [0, 0.05) is 26.4 Å². The molecule has 4 N–H and O–H groups in total. The fraction of sp³-hybridized carbons (Fsp3) is 0.444. The zero-order valence-electron chi connectivity index (χ0n) is 8.54. The van der Waals surface area contributed by atoms with Gasteiger partial charge in [-0.1, -0.05) is 0 Å². The highest BCUT2D eigenvalue weighted by Gasteiger charge is 2.25. The van der Waals surface area contributed by atoms with E-state index in [-0.39, 0.29) is 17.2 Å². The number of primary amides is 1. The van der Waals surface area contributed by atoms with Crippen LogP contribution in [0.15, 0.2) is 11.3 Å².